The highest BCUT2D eigenvalue weighted by Crippen LogP contribution is 2.37. The van der Waals surface area contributed by atoms with Gasteiger partial charge in [-0.2, -0.15) is 0 Å². The third kappa shape index (κ3) is 5.21. The van der Waals surface area contributed by atoms with Gasteiger partial charge in [0.2, 0.25) is 0 Å². The normalized spacial score (nSPS) is 15.3. The molecule has 0 fully saturated rings. The van der Waals surface area contributed by atoms with Gasteiger partial charge in [-0.15, -0.1) is 0 Å². The minimum atomic E-state index is -0.838. The van der Waals surface area contributed by atoms with Crippen molar-refractivity contribution in [3.05, 3.63) is 76.9 Å². The zero-order valence-electron chi connectivity index (χ0n) is 21.4. The highest BCUT2D eigenvalue weighted by molar-refractivity contribution is 9.10. The minimum absolute atomic E-state index is 0.0824. The van der Waals surface area contributed by atoms with Gasteiger partial charge in [0.1, 0.15) is 11.5 Å². The van der Waals surface area contributed by atoms with Crippen LogP contribution in [0.1, 0.15) is 44.9 Å². The van der Waals surface area contributed by atoms with E-state index >= 15 is 0 Å². The molecule has 0 radical (unpaired) electrons. The molecule has 3 aromatic rings. The number of phenolic OH excluding ortho intramolecular Hbond substituents is 2. The summed E-state index contributed by atoms with van der Waals surface area (Å²) in [6.45, 7) is 7.38. The third-order valence-corrected chi connectivity index (χ3v) is 7.38. The number of benzene rings is 2. The van der Waals surface area contributed by atoms with Crippen molar-refractivity contribution in [3.8, 4) is 23.0 Å². The van der Waals surface area contributed by atoms with Crippen molar-refractivity contribution in [2.24, 2.45) is 4.99 Å². The lowest BCUT2D eigenvalue weighted by Gasteiger charge is -2.25. The number of halogens is 1. The van der Waals surface area contributed by atoms with Gasteiger partial charge in [-0.1, -0.05) is 17.4 Å². The maximum atomic E-state index is 13.8. The summed E-state index contributed by atoms with van der Waals surface area (Å²) in [6.07, 6.45) is 1.44. The number of aromatic hydroxyl groups is 2. The number of methoxy groups -OCH3 is 1. The molecule has 0 saturated carbocycles. The van der Waals surface area contributed by atoms with Gasteiger partial charge >= 0.3 is 5.97 Å². The number of carbonyl (C=O) groups is 1. The molecule has 0 saturated heterocycles. The van der Waals surface area contributed by atoms with E-state index in [0.717, 1.165) is 11.3 Å². The van der Waals surface area contributed by atoms with Gasteiger partial charge in [-0.05, 0) is 73.5 Å². The smallest absolute Gasteiger partial charge is 0.338 e. The fourth-order valence-corrected chi connectivity index (χ4v) is 5.53. The van der Waals surface area contributed by atoms with Crippen LogP contribution in [0.5, 0.6) is 23.0 Å². The number of phenols is 2. The van der Waals surface area contributed by atoms with Crippen molar-refractivity contribution in [1.82, 2.24) is 4.57 Å². The maximum absolute atomic E-state index is 13.8. The Balaban J connectivity index is 1.96. The second kappa shape index (κ2) is 11.0. The molecule has 0 unspecified atom stereocenters. The van der Waals surface area contributed by atoms with Crippen LogP contribution in [0.2, 0.25) is 0 Å². The Labute approximate surface area is 231 Å². The molecule has 4 rings (SSSR count). The zero-order chi connectivity index (χ0) is 27.7. The van der Waals surface area contributed by atoms with Gasteiger partial charge in [0, 0.05) is 11.6 Å². The lowest BCUT2D eigenvalue weighted by molar-refractivity contribution is -0.139. The number of esters is 1. The van der Waals surface area contributed by atoms with Crippen LogP contribution in [0.15, 0.2) is 55.9 Å². The molecule has 0 amide bonds. The number of thiazole rings is 1. The zero-order valence-corrected chi connectivity index (χ0v) is 23.8. The summed E-state index contributed by atoms with van der Waals surface area (Å²) >= 11 is 4.35. The molecule has 1 atom stereocenters. The number of allylic oxidation sites excluding steroid dienone is 1. The summed E-state index contributed by atoms with van der Waals surface area (Å²) in [5.74, 6) is 0.0895. The summed E-state index contributed by atoms with van der Waals surface area (Å²) in [5, 5.41) is 20.2. The molecule has 1 aliphatic heterocycles. The third-order valence-electron chi connectivity index (χ3n) is 5.77. The topological polar surface area (TPSA) is 120 Å². The number of rotatable bonds is 7. The lowest BCUT2D eigenvalue weighted by atomic mass is 9.95. The van der Waals surface area contributed by atoms with Crippen LogP contribution >= 0.6 is 27.3 Å². The molecule has 200 valence electrons. The van der Waals surface area contributed by atoms with Crippen molar-refractivity contribution in [3.63, 3.8) is 0 Å². The maximum Gasteiger partial charge on any atom is 0.338 e. The van der Waals surface area contributed by atoms with Gasteiger partial charge in [0.15, 0.2) is 16.3 Å². The molecule has 0 bridgehead atoms. The van der Waals surface area contributed by atoms with E-state index in [2.05, 4.69) is 20.9 Å². The monoisotopic (exact) mass is 602 g/mol. The second-order valence-corrected chi connectivity index (χ2v) is 10.6. The molecule has 2 aromatic carbocycles. The first-order chi connectivity index (χ1) is 18.0. The Kier molecular flexibility index (Phi) is 7.98. The van der Waals surface area contributed by atoms with E-state index < -0.39 is 17.6 Å². The number of nitrogens with zero attached hydrogens (tertiary/aromatic N) is 2. The first kappa shape index (κ1) is 27.5. The van der Waals surface area contributed by atoms with Crippen LogP contribution in [0.3, 0.4) is 0 Å². The van der Waals surface area contributed by atoms with Crippen molar-refractivity contribution in [1.29, 1.82) is 0 Å². The molecular weight excluding hydrogens is 576 g/mol. The van der Waals surface area contributed by atoms with Gasteiger partial charge in [-0.25, -0.2) is 9.79 Å². The Morgan fingerprint density at radius 2 is 1.95 bits per heavy atom. The molecule has 9 nitrogen and oxygen atoms in total. The Bertz CT molecular complexity index is 1620. The molecule has 1 aliphatic rings. The molecule has 2 heterocycles. The van der Waals surface area contributed by atoms with E-state index in [4.69, 9.17) is 14.2 Å². The van der Waals surface area contributed by atoms with Crippen LogP contribution in [0.25, 0.3) is 6.08 Å². The quantitative estimate of drug-likeness (QED) is 0.395. The lowest BCUT2D eigenvalue weighted by Crippen LogP contribution is -2.40. The minimum Gasteiger partial charge on any atom is -0.507 e. The highest BCUT2D eigenvalue weighted by Gasteiger charge is 2.34. The number of hydrogen-bond acceptors (Lipinski definition) is 9. The van der Waals surface area contributed by atoms with E-state index in [9.17, 15) is 19.8 Å². The summed E-state index contributed by atoms with van der Waals surface area (Å²) in [6, 6.07) is 7.12. The highest BCUT2D eigenvalue weighted by atomic mass is 79.9. The van der Waals surface area contributed by atoms with E-state index in [1.54, 1.807) is 32.0 Å². The van der Waals surface area contributed by atoms with E-state index in [1.807, 2.05) is 13.8 Å². The molecule has 0 spiro atoms. The van der Waals surface area contributed by atoms with Crippen LogP contribution in [0, 0.1) is 0 Å². The number of ether oxygens (including phenoxy) is 3. The first-order valence-corrected chi connectivity index (χ1v) is 13.4. The number of fused-ring (bicyclic) bond motifs is 1. The molecule has 2 N–H and O–H groups in total. The van der Waals surface area contributed by atoms with Gasteiger partial charge in [0.05, 0.1) is 46.1 Å². The summed E-state index contributed by atoms with van der Waals surface area (Å²) < 4.78 is 18.8. The van der Waals surface area contributed by atoms with Crippen LogP contribution in [-0.4, -0.2) is 40.6 Å². The van der Waals surface area contributed by atoms with Gasteiger partial charge < -0.3 is 24.4 Å². The summed E-state index contributed by atoms with van der Waals surface area (Å²) in [7, 11) is 1.52. The van der Waals surface area contributed by atoms with Gasteiger partial charge in [0.25, 0.3) is 5.56 Å². The number of hydrogen-bond donors (Lipinski definition) is 2. The first-order valence-electron chi connectivity index (χ1n) is 11.8. The standard InChI is InChI=1S/C27H27BrN2O7S/c1-6-36-26(34)23-14(4)29-27-30(24(23)15-7-8-20(37-13(2)3)21(10-15)35-5)25(33)22(38-27)11-16-9-17(28)19(32)12-18(16)31/h7-13,24,31-32H,6H2,1-5H3/b22-11-/t24-/m0/s1. The Morgan fingerprint density at radius 1 is 1.21 bits per heavy atom. The van der Waals surface area contributed by atoms with Crippen molar-refractivity contribution < 1.29 is 29.2 Å². The largest absolute Gasteiger partial charge is 0.507 e. The molecule has 11 heteroatoms. The summed E-state index contributed by atoms with van der Waals surface area (Å²) in [4.78, 5) is 31.8. The van der Waals surface area contributed by atoms with Crippen molar-refractivity contribution in [2.45, 2.75) is 39.8 Å². The fourth-order valence-electron chi connectivity index (χ4n) is 4.14. The Morgan fingerprint density at radius 3 is 2.61 bits per heavy atom. The van der Waals surface area contributed by atoms with Gasteiger partial charge in [-0.3, -0.25) is 9.36 Å². The van der Waals surface area contributed by atoms with Crippen LogP contribution < -0.4 is 24.4 Å². The summed E-state index contributed by atoms with van der Waals surface area (Å²) in [5.41, 5.74) is 1.20. The average Bonchev–Trinajstić information content (AvgIpc) is 3.16. The Hall–Kier alpha value is -3.57. The van der Waals surface area contributed by atoms with Crippen LogP contribution in [0.4, 0.5) is 0 Å². The fraction of sp³-hybridized carbons (Fsp3) is 0.296. The number of carbonyl (C=O) groups excluding carboxylic acids is 1. The van der Waals surface area contributed by atoms with Crippen molar-refractivity contribution in [2.75, 3.05) is 13.7 Å². The number of aromatic nitrogens is 1. The predicted octanol–water partition coefficient (Wildman–Crippen LogP) is 3.77. The van der Waals surface area contributed by atoms with E-state index in [1.165, 1.54) is 29.9 Å². The SMILES string of the molecule is CCOC(=O)C1=C(C)N=c2s/c(=C\c3cc(Br)c(O)cc3O)c(=O)n2[C@H]1c1ccc(OC(C)C)c(OC)c1. The average molecular weight is 603 g/mol. The van der Waals surface area contributed by atoms with Crippen LogP contribution in [-0.2, 0) is 9.53 Å². The van der Waals surface area contributed by atoms with E-state index in [0.29, 0.717) is 37.6 Å². The molecular formula is C27H27BrN2O7S. The molecule has 1 aromatic heterocycles. The molecule has 38 heavy (non-hydrogen) atoms. The molecule has 0 aliphatic carbocycles. The second-order valence-electron chi connectivity index (χ2n) is 8.74. The predicted molar refractivity (Wildman–Crippen MR) is 147 cm³/mol. The van der Waals surface area contributed by atoms with Crippen molar-refractivity contribution >= 4 is 39.3 Å². The van der Waals surface area contributed by atoms with E-state index in [-0.39, 0.29) is 34.3 Å².